The van der Waals surface area contributed by atoms with Crippen molar-refractivity contribution in [3.05, 3.63) is 35.9 Å². The van der Waals surface area contributed by atoms with Crippen molar-refractivity contribution in [2.45, 2.75) is 32.0 Å². The Morgan fingerprint density at radius 1 is 1.44 bits per heavy atom. The van der Waals surface area contributed by atoms with E-state index in [9.17, 15) is 9.90 Å². The van der Waals surface area contributed by atoms with Crippen molar-refractivity contribution in [1.82, 2.24) is 5.32 Å². The maximum absolute atomic E-state index is 11.5. The zero-order valence-corrected chi connectivity index (χ0v) is 9.39. The van der Waals surface area contributed by atoms with Crippen LogP contribution in [-0.2, 0) is 11.3 Å². The molecule has 0 heterocycles. The summed E-state index contributed by atoms with van der Waals surface area (Å²) in [4.78, 5) is 11.5. The molecule has 4 nitrogen and oxygen atoms in total. The monoisotopic (exact) mass is 222 g/mol. The smallest absolute Gasteiger partial charge is 0.250 e. The first kappa shape index (κ1) is 12.7. The standard InChI is InChI=1S/C12H18N2O2/c1-2-10(13)11(15)12(16)14-8-9-6-4-3-5-7-9/h3-7,10-11,15H,2,8,13H2,1H3,(H,14,16)/t10-,11-/m0/s1. The highest BCUT2D eigenvalue weighted by molar-refractivity contribution is 5.81. The third kappa shape index (κ3) is 3.64. The number of aliphatic hydroxyl groups excluding tert-OH is 1. The lowest BCUT2D eigenvalue weighted by atomic mass is 10.1. The number of rotatable bonds is 5. The van der Waals surface area contributed by atoms with Gasteiger partial charge in [0.2, 0.25) is 0 Å². The first-order valence-corrected chi connectivity index (χ1v) is 5.40. The van der Waals surface area contributed by atoms with E-state index >= 15 is 0 Å². The molecule has 0 radical (unpaired) electrons. The predicted molar refractivity (Wildman–Crippen MR) is 62.6 cm³/mol. The Bertz CT molecular complexity index is 327. The van der Waals surface area contributed by atoms with Crippen molar-refractivity contribution < 1.29 is 9.90 Å². The van der Waals surface area contributed by atoms with Crippen LogP contribution in [0.1, 0.15) is 18.9 Å². The van der Waals surface area contributed by atoms with Gasteiger partial charge in [-0.3, -0.25) is 4.79 Å². The topological polar surface area (TPSA) is 75.3 Å². The summed E-state index contributed by atoms with van der Waals surface area (Å²) in [6.07, 6.45) is -0.561. The Balaban J connectivity index is 2.41. The molecule has 0 aliphatic rings. The van der Waals surface area contributed by atoms with E-state index in [4.69, 9.17) is 5.73 Å². The molecule has 2 atom stereocenters. The number of benzene rings is 1. The van der Waals surface area contributed by atoms with Crippen LogP contribution in [0.5, 0.6) is 0 Å². The van der Waals surface area contributed by atoms with E-state index < -0.39 is 18.1 Å². The fourth-order valence-corrected chi connectivity index (χ4v) is 1.31. The number of nitrogens with two attached hydrogens (primary N) is 1. The van der Waals surface area contributed by atoms with E-state index in [0.29, 0.717) is 13.0 Å². The number of hydrogen-bond acceptors (Lipinski definition) is 3. The van der Waals surface area contributed by atoms with Gasteiger partial charge in [0.15, 0.2) is 0 Å². The molecule has 88 valence electrons. The summed E-state index contributed by atoms with van der Waals surface area (Å²) in [5.74, 6) is -0.418. The third-order valence-corrected chi connectivity index (χ3v) is 2.46. The molecule has 16 heavy (non-hydrogen) atoms. The van der Waals surface area contributed by atoms with E-state index in [1.807, 2.05) is 37.3 Å². The highest BCUT2D eigenvalue weighted by atomic mass is 16.3. The molecule has 1 aromatic rings. The van der Waals surface area contributed by atoms with Crippen molar-refractivity contribution in [3.63, 3.8) is 0 Å². The van der Waals surface area contributed by atoms with Crippen LogP contribution in [0, 0.1) is 0 Å². The second kappa shape index (κ2) is 6.25. The molecule has 0 aliphatic carbocycles. The number of amides is 1. The van der Waals surface area contributed by atoms with Crippen molar-refractivity contribution in [2.24, 2.45) is 5.73 Å². The van der Waals surface area contributed by atoms with Gasteiger partial charge in [0.1, 0.15) is 6.10 Å². The molecule has 1 amide bonds. The van der Waals surface area contributed by atoms with Gasteiger partial charge in [-0.05, 0) is 12.0 Å². The molecule has 0 aliphatic heterocycles. The number of hydrogen-bond donors (Lipinski definition) is 3. The van der Waals surface area contributed by atoms with Crippen LogP contribution < -0.4 is 11.1 Å². The van der Waals surface area contributed by atoms with Crippen molar-refractivity contribution >= 4 is 5.91 Å². The number of aliphatic hydroxyl groups is 1. The van der Waals surface area contributed by atoms with Gasteiger partial charge in [0.05, 0.1) is 0 Å². The summed E-state index contributed by atoms with van der Waals surface area (Å²) >= 11 is 0. The fraction of sp³-hybridized carbons (Fsp3) is 0.417. The van der Waals surface area contributed by atoms with Crippen LogP contribution in [0.25, 0.3) is 0 Å². The number of nitrogens with one attached hydrogen (secondary N) is 1. The lowest BCUT2D eigenvalue weighted by molar-refractivity contribution is -0.130. The first-order chi connectivity index (χ1) is 7.65. The van der Waals surface area contributed by atoms with E-state index in [1.54, 1.807) is 0 Å². The summed E-state index contributed by atoms with van der Waals surface area (Å²) < 4.78 is 0. The second-order valence-electron chi connectivity index (χ2n) is 3.72. The minimum Gasteiger partial charge on any atom is -0.382 e. The Kier molecular flexibility index (Phi) is 4.95. The second-order valence-corrected chi connectivity index (χ2v) is 3.72. The van der Waals surface area contributed by atoms with Gasteiger partial charge in [-0.15, -0.1) is 0 Å². The van der Waals surface area contributed by atoms with E-state index in [1.165, 1.54) is 0 Å². The third-order valence-electron chi connectivity index (χ3n) is 2.46. The zero-order chi connectivity index (χ0) is 12.0. The maximum Gasteiger partial charge on any atom is 0.250 e. The molecule has 1 rings (SSSR count). The van der Waals surface area contributed by atoms with Gasteiger partial charge >= 0.3 is 0 Å². The average Bonchev–Trinajstić information content (AvgIpc) is 2.35. The van der Waals surface area contributed by atoms with Gasteiger partial charge in [-0.1, -0.05) is 37.3 Å². The minimum absolute atomic E-state index is 0.410. The molecule has 0 saturated carbocycles. The van der Waals surface area contributed by atoms with E-state index in [0.717, 1.165) is 5.56 Å². The minimum atomic E-state index is -1.13. The fourth-order valence-electron chi connectivity index (χ4n) is 1.31. The Labute approximate surface area is 95.5 Å². The Morgan fingerprint density at radius 2 is 2.06 bits per heavy atom. The highest BCUT2D eigenvalue weighted by Crippen LogP contribution is 1.99. The normalized spacial score (nSPS) is 14.2. The molecule has 0 aromatic heterocycles. The van der Waals surface area contributed by atoms with E-state index in [-0.39, 0.29) is 0 Å². The molecule has 4 heteroatoms. The quantitative estimate of drug-likeness (QED) is 0.675. The summed E-state index contributed by atoms with van der Waals surface area (Å²) in [6, 6.07) is 9.02. The average molecular weight is 222 g/mol. The molecular weight excluding hydrogens is 204 g/mol. The van der Waals surface area contributed by atoms with Crippen molar-refractivity contribution in [3.8, 4) is 0 Å². The van der Waals surface area contributed by atoms with Crippen LogP contribution in [0.3, 0.4) is 0 Å². The molecule has 0 unspecified atom stereocenters. The molecule has 0 spiro atoms. The van der Waals surface area contributed by atoms with Crippen LogP contribution in [-0.4, -0.2) is 23.2 Å². The van der Waals surface area contributed by atoms with Crippen LogP contribution in [0.15, 0.2) is 30.3 Å². The van der Waals surface area contributed by atoms with Gasteiger partial charge in [0, 0.05) is 12.6 Å². The Hall–Kier alpha value is -1.39. The largest absolute Gasteiger partial charge is 0.382 e. The highest BCUT2D eigenvalue weighted by Gasteiger charge is 2.20. The molecular formula is C12H18N2O2. The predicted octanol–water partition coefficient (Wildman–Crippen LogP) is 0.401. The molecule has 0 fully saturated rings. The van der Waals surface area contributed by atoms with E-state index in [2.05, 4.69) is 5.32 Å². The Morgan fingerprint density at radius 3 is 2.62 bits per heavy atom. The first-order valence-electron chi connectivity index (χ1n) is 5.40. The molecule has 0 bridgehead atoms. The summed E-state index contributed by atoms with van der Waals surface area (Å²) in [7, 11) is 0. The number of carbonyl (C=O) groups excluding carboxylic acids is 1. The van der Waals surface area contributed by atoms with Crippen LogP contribution >= 0.6 is 0 Å². The van der Waals surface area contributed by atoms with Crippen molar-refractivity contribution in [1.29, 1.82) is 0 Å². The molecule has 1 aromatic carbocycles. The van der Waals surface area contributed by atoms with Crippen molar-refractivity contribution in [2.75, 3.05) is 0 Å². The lowest BCUT2D eigenvalue weighted by Gasteiger charge is -2.16. The SMILES string of the molecule is CC[C@H](N)[C@H](O)C(=O)NCc1ccccc1. The van der Waals surface area contributed by atoms with Gasteiger partial charge in [-0.2, -0.15) is 0 Å². The molecule has 4 N–H and O–H groups in total. The summed E-state index contributed by atoms with van der Waals surface area (Å²) in [5.41, 5.74) is 6.57. The number of carbonyl (C=O) groups is 1. The van der Waals surface area contributed by atoms with Crippen LogP contribution in [0.4, 0.5) is 0 Å². The van der Waals surface area contributed by atoms with Gasteiger partial charge in [0.25, 0.3) is 5.91 Å². The zero-order valence-electron chi connectivity index (χ0n) is 9.39. The lowest BCUT2D eigenvalue weighted by Crippen LogP contribution is -2.45. The maximum atomic E-state index is 11.5. The van der Waals surface area contributed by atoms with Gasteiger partial charge in [-0.25, -0.2) is 0 Å². The molecule has 0 saturated heterocycles. The van der Waals surface area contributed by atoms with Gasteiger partial charge < -0.3 is 16.2 Å². The summed E-state index contributed by atoms with van der Waals surface area (Å²) in [5, 5.41) is 12.2. The summed E-state index contributed by atoms with van der Waals surface area (Å²) in [6.45, 7) is 2.24. The van der Waals surface area contributed by atoms with Crippen LogP contribution in [0.2, 0.25) is 0 Å².